The first kappa shape index (κ1) is 18.6. The Morgan fingerprint density at radius 3 is 2.13 bits per heavy atom. The van der Waals surface area contributed by atoms with Crippen LogP contribution in [0.2, 0.25) is 0 Å². The van der Waals surface area contributed by atoms with Crippen LogP contribution in [0.5, 0.6) is 0 Å². The topological polar surface area (TPSA) is 95.5 Å². The summed E-state index contributed by atoms with van der Waals surface area (Å²) in [5, 5.41) is 13.9. The normalized spacial score (nSPS) is 13.3. The SMILES string of the molecule is CCC(NC(=O)C(NC(=O)c1ccc(F)cc1)C(C)C)C(=O)O. The van der Waals surface area contributed by atoms with Crippen molar-refractivity contribution in [2.75, 3.05) is 0 Å². The van der Waals surface area contributed by atoms with E-state index in [1.54, 1.807) is 20.8 Å². The van der Waals surface area contributed by atoms with Crippen LogP contribution < -0.4 is 10.6 Å². The van der Waals surface area contributed by atoms with E-state index in [0.717, 1.165) is 12.1 Å². The van der Waals surface area contributed by atoms with Gasteiger partial charge >= 0.3 is 5.97 Å². The number of benzene rings is 1. The van der Waals surface area contributed by atoms with Gasteiger partial charge < -0.3 is 15.7 Å². The molecule has 0 heterocycles. The van der Waals surface area contributed by atoms with Crippen molar-refractivity contribution in [3.63, 3.8) is 0 Å². The zero-order valence-corrected chi connectivity index (χ0v) is 13.3. The van der Waals surface area contributed by atoms with E-state index in [1.807, 2.05) is 0 Å². The van der Waals surface area contributed by atoms with Crippen LogP contribution in [0.1, 0.15) is 37.6 Å². The quantitative estimate of drug-likeness (QED) is 0.709. The van der Waals surface area contributed by atoms with Crippen LogP contribution in [-0.2, 0) is 9.59 Å². The van der Waals surface area contributed by atoms with Crippen LogP contribution in [0.4, 0.5) is 4.39 Å². The second-order valence-electron chi connectivity index (χ2n) is 5.51. The van der Waals surface area contributed by atoms with Crippen molar-refractivity contribution in [3.8, 4) is 0 Å². The van der Waals surface area contributed by atoms with E-state index in [2.05, 4.69) is 10.6 Å². The van der Waals surface area contributed by atoms with Gasteiger partial charge in [-0.25, -0.2) is 9.18 Å². The summed E-state index contributed by atoms with van der Waals surface area (Å²) in [5.41, 5.74) is 0.218. The molecular weight excluding hydrogens is 303 g/mol. The third-order valence-corrected chi connectivity index (χ3v) is 3.36. The lowest BCUT2D eigenvalue weighted by molar-refractivity contribution is -0.142. The molecule has 3 N–H and O–H groups in total. The average molecular weight is 324 g/mol. The fourth-order valence-corrected chi connectivity index (χ4v) is 1.96. The van der Waals surface area contributed by atoms with Crippen LogP contribution in [0, 0.1) is 11.7 Å². The maximum absolute atomic E-state index is 12.9. The summed E-state index contributed by atoms with van der Waals surface area (Å²) in [6.07, 6.45) is 0.234. The molecule has 2 atom stereocenters. The van der Waals surface area contributed by atoms with Gasteiger partial charge in [-0.2, -0.15) is 0 Å². The number of carbonyl (C=O) groups is 3. The third-order valence-electron chi connectivity index (χ3n) is 3.36. The number of carboxylic acids is 1. The van der Waals surface area contributed by atoms with Gasteiger partial charge in [-0.15, -0.1) is 0 Å². The highest BCUT2D eigenvalue weighted by Crippen LogP contribution is 2.07. The number of halogens is 1. The van der Waals surface area contributed by atoms with E-state index < -0.39 is 35.7 Å². The minimum Gasteiger partial charge on any atom is -0.480 e. The number of hydrogen-bond acceptors (Lipinski definition) is 3. The molecule has 0 bridgehead atoms. The molecule has 2 amide bonds. The molecule has 1 rings (SSSR count). The highest BCUT2D eigenvalue weighted by molar-refractivity contribution is 5.98. The molecule has 0 aliphatic heterocycles. The molecule has 0 spiro atoms. The van der Waals surface area contributed by atoms with Crippen LogP contribution in [-0.4, -0.2) is 35.0 Å². The van der Waals surface area contributed by atoms with E-state index >= 15 is 0 Å². The summed E-state index contributed by atoms with van der Waals surface area (Å²) in [6.45, 7) is 5.11. The van der Waals surface area contributed by atoms with E-state index in [1.165, 1.54) is 12.1 Å². The Hall–Kier alpha value is -2.44. The van der Waals surface area contributed by atoms with Gasteiger partial charge in [0.1, 0.15) is 17.9 Å². The second-order valence-corrected chi connectivity index (χ2v) is 5.51. The molecule has 6 nitrogen and oxygen atoms in total. The molecule has 0 aromatic heterocycles. The highest BCUT2D eigenvalue weighted by Gasteiger charge is 2.28. The first-order valence-corrected chi connectivity index (χ1v) is 7.35. The zero-order chi connectivity index (χ0) is 17.6. The molecule has 0 radical (unpaired) electrons. The Bertz CT molecular complexity index is 572. The zero-order valence-electron chi connectivity index (χ0n) is 13.3. The number of aliphatic carboxylic acids is 1. The van der Waals surface area contributed by atoms with E-state index in [9.17, 15) is 18.8 Å². The highest BCUT2D eigenvalue weighted by atomic mass is 19.1. The number of amides is 2. The van der Waals surface area contributed by atoms with Crippen LogP contribution in [0.3, 0.4) is 0 Å². The maximum atomic E-state index is 12.9. The van der Waals surface area contributed by atoms with Gasteiger partial charge in [0, 0.05) is 5.56 Å². The summed E-state index contributed by atoms with van der Waals surface area (Å²) < 4.78 is 12.9. The summed E-state index contributed by atoms with van der Waals surface area (Å²) >= 11 is 0. The first-order chi connectivity index (χ1) is 10.8. The first-order valence-electron chi connectivity index (χ1n) is 7.35. The minimum atomic E-state index is -1.13. The van der Waals surface area contributed by atoms with Crippen LogP contribution in [0.15, 0.2) is 24.3 Å². The molecule has 1 aromatic rings. The van der Waals surface area contributed by atoms with Crippen LogP contribution in [0.25, 0.3) is 0 Å². The fraction of sp³-hybridized carbons (Fsp3) is 0.438. The van der Waals surface area contributed by atoms with Gasteiger partial charge in [-0.3, -0.25) is 9.59 Å². The molecule has 0 aliphatic carbocycles. The van der Waals surface area contributed by atoms with Crippen molar-refractivity contribution in [1.29, 1.82) is 0 Å². The molecule has 2 unspecified atom stereocenters. The standard InChI is InChI=1S/C16H21FN2O4/c1-4-12(16(22)23)18-15(21)13(9(2)3)19-14(20)10-5-7-11(17)8-6-10/h5-9,12-13H,4H2,1-3H3,(H,18,21)(H,19,20)(H,22,23). The maximum Gasteiger partial charge on any atom is 0.326 e. The average Bonchev–Trinajstić information content (AvgIpc) is 2.49. The number of carbonyl (C=O) groups excluding carboxylic acids is 2. The predicted octanol–water partition coefficient (Wildman–Crippen LogP) is 1.56. The summed E-state index contributed by atoms with van der Waals surface area (Å²) in [7, 11) is 0. The summed E-state index contributed by atoms with van der Waals surface area (Å²) in [6, 6.07) is 3.03. The number of rotatable bonds is 7. The number of nitrogens with one attached hydrogen (secondary N) is 2. The lowest BCUT2D eigenvalue weighted by Gasteiger charge is -2.23. The molecule has 126 valence electrons. The van der Waals surface area contributed by atoms with Crippen molar-refractivity contribution < 1.29 is 23.9 Å². The minimum absolute atomic E-state index is 0.218. The van der Waals surface area contributed by atoms with Gasteiger partial charge in [0.15, 0.2) is 0 Å². The van der Waals surface area contributed by atoms with E-state index in [-0.39, 0.29) is 17.9 Å². The Kier molecular flexibility index (Phi) is 6.68. The van der Waals surface area contributed by atoms with Gasteiger partial charge in [-0.1, -0.05) is 20.8 Å². The third kappa shape index (κ3) is 5.36. The van der Waals surface area contributed by atoms with Gasteiger partial charge in [0.2, 0.25) is 5.91 Å². The largest absolute Gasteiger partial charge is 0.480 e. The van der Waals surface area contributed by atoms with Crippen molar-refractivity contribution >= 4 is 17.8 Å². The predicted molar refractivity (Wildman–Crippen MR) is 82.3 cm³/mol. The molecule has 7 heteroatoms. The molecule has 1 aromatic carbocycles. The fourth-order valence-electron chi connectivity index (χ4n) is 1.96. The molecule has 0 fully saturated rings. The van der Waals surface area contributed by atoms with Gasteiger partial charge in [0.25, 0.3) is 5.91 Å². The lowest BCUT2D eigenvalue weighted by atomic mass is 10.0. The molecule has 0 saturated carbocycles. The van der Waals surface area contributed by atoms with E-state index in [4.69, 9.17) is 5.11 Å². The smallest absolute Gasteiger partial charge is 0.326 e. The summed E-state index contributed by atoms with van der Waals surface area (Å²) in [4.78, 5) is 35.4. The van der Waals surface area contributed by atoms with Gasteiger partial charge in [-0.05, 0) is 36.6 Å². The molecule has 0 saturated heterocycles. The van der Waals surface area contributed by atoms with Crippen molar-refractivity contribution in [2.24, 2.45) is 5.92 Å². The number of hydrogen-bond donors (Lipinski definition) is 3. The second kappa shape index (κ2) is 8.26. The Labute approximate surface area is 134 Å². The molecule has 0 aliphatic rings. The lowest BCUT2D eigenvalue weighted by Crippen LogP contribution is -2.53. The van der Waals surface area contributed by atoms with Crippen molar-refractivity contribution in [3.05, 3.63) is 35.6 Å². The molecular formula is C16H21FN2O4. The Morgan fingerprint density at radius 2 is 1.70 bits per heavy atom. The van der Waals surface area contributed by atoms with Crippen LogP contribution >= 0.6 is 0 Å². The van der Waals surface area contributed by atoms with E-state index in [0.29, 0.717) is 0 Å². The Balaban J connectivity index is 2.82. The van der Waals surface area contributed by atoms with Crippen molar-refractivity contribution in [1.82, 2.24) is 10.6 Å². The monoisotopic (exact) mass is 324 g/mol. The summed E-state index contributed by atoms with van der Waals surface area (Å²) in [5.74, 6) is -2.93. The number of carboxylic acid groups (broad SMARTS) is 1. The molecule has 23 heavy (non-hydrogen) atoms. The van der Waals surface area contributed by atoms with Gasteiger partial charge in [0.05, 0.1) is 0 Å². The van der Waals surface area contributed by atoms with Crippen molar-refractivity contribution in [2.45, 2.75) is 39.3 Å². The Morgan fingerprint density at radius 1 is 1.13 bits per heavy atom.